The Kier molecular flexibility index (Phi) is 4.17. The summed E-state index contributed by atoms with van der Waals surface area (Å²) in [5.74, 6) is -2.77. The van der Waals surface area contributed by atoms with Crippen LogP contribution in [0.2, 0.25) is 0 Å². The molecule has 0 heterocycles. The van der Waals surface area contributed by atoms with Gasteiger partial charge in [-0.05, 0) is 0 Å². The van der Waals surface area contributed by atoms with E-state index in [1.54, 1.807) is 36.4 Å². The molecular weight excluding hydrogens is 256 g/mol. The van der Waals surface area contributed by atoms with Crippen molar-refractivity contribution in [3.63, 3.8) is 0 Å². The Bertz CT molecular complexity index is 632. The number of aliphatic hydroxyl groups excluding tert-OH is 1. The van der Waals surface area contributed by atoms with Crippen LogP contribution in [0.25, 0.3) is 0 Å². The summed E-state index contributed by atoms with van der Waals surface area (Å²) in [5.41, 5.74) is 0.339. The number of carbonyl (C=O) groups excluding carboxylic acids is 3. The Labute approximate surface area is 115 Å². The van der Waals surface area contributed by atoms with Crippen molar-refractivity contribution >= 4 is 17.3 Å². The second-order valence-corrected chi connectivity index (χ2v) is 4.19. The third-order valence-corrected chi connectivity index (χ3v) is 2.81. The van der Waals surface area contributed by atoms with E-state index in [0.717, 1.165) is 0 Å². The fraction of sp³-hybridized carbons (Fsp3) is 0.0625. The summed E-state index contributed by atoms with van der Waals surface area (Å²) in [4.78, 5) is 35.6. The Morgan fingerprint density at radius 2 is 1.20 bits per heavy atom. The highest BCUT2D eigenvalue weighted by Crippen LogP contribution is 2.08. The number of carbonyl (C=O) groups is 3. The molecule has 0 bridgehead atoms. The fourth-order valence-corrected chi connectivity index (χ4v) is 1.74. The molecule has 0 fully saturated rings. The molecule has 0 aliphatic heterocycles. The first-order chi connectivity index (χ1) is 9.61. The van der Waals surface area contributed by atoms with Crippen molar-refractivity contribution < 1.29 is 19.5 Å². The fourth-order valence-electron chi connectivity index (χ4n) is 1.74. The molecule has 0 radical (unpaired) electrons. The van der Waals surface area contributed by atoms with Crippen LogP contribution in [-0.4, -0.2) is 28.6 Å². The van der Waals surface area contributed by atoms with E-state index in [4.69, 9.17) is 0 Å². The SMILES string of the molecule is O=C(C(=O)C(O)C(=O)c1ccccc1)c1ccccc1. The zero-order valence-corrected chi connectivity index (χ0v) is 10.5. The first kappa shape index (κ1) is 13.8. The van der Waals surface area contributed by atoms with Crippen LogP contribution in [0.15, 0.2) is 60.7 Å². The molecule has 4 heteroatoms. The van der Waals surface area contributed by atoms with Crippen LogP contribution >= 0.6 is 0 Å². The van der Waals surface area contributed by atoms with E-state index in [1.807, 2.05) is 0 Å². The molecule has 0 spiro atoms. The van der Waals surface area contributed by atoms with Crippen LogP contribution in [0.1, 0.15) is 20.7 Å². The van der Waals surface area contributed by atoms with Gasteiger partial charge in [-0.3, -0.25) is 14.4 Å². The summed E-state index contributed by atoms with van der Waals surface area (Å²) >= 11 is 0. The summed E-state index contributed by atoms with van der Waals surface area (Å²) in [6.45, 7) is 0. The van der Waals surface area contributed by atoms with Crippen molar-refractivity contribution in [2.24, 2.45) is 0 Å². The minimum atomic E-state index is -1.97. The van der Waals surface area contributed by atoms with Gasteiger partial charge in [-0.15, -0.1) is 0 Å². The van der Waals surface area contributed by atoms with Gasteiger partial charge < -0.3 is 5.11 Å². The quantitative estimate of drug-likeness (QED) is 0.509. The number of hydrogen-bond donors (Lipinski definition) is 1. The van der Waals surface area contributed by atoms with Gasteiger partial charge in [0.2, 0.25) is 11.6 Å². The third-order valence-electron chi connectivity index (χ3n) is 2.81. The Hall–Kier alpha value is -2.59. The van der Waals surface area contributed by atoms with Crippen LogP contribution in [0.4, 0.5) is 0 Å². The van der Waals surface area contributed by atoms with E-state index < -0.39 is 23.5 Å². The van der Waals surface area contributed by atoms with Gasteiger partial charge >= 0.3 is 0 Å². The number of Topliss-reactive ketones (excluding diaryl/α,β-unsaturated/α-hetero) is 3. The zero-order valence-electron chi connectivity index (χ0n) is 10.5. The Balaban J connectivity index is 2.17. The first-order valence-corrected chi connectivity index (χ1v) is 6.02. The lowest BCUT2D eigenvalue weighted by Gasteiger charge is -2.07. The molecule has 1 unspecified atom stereocenters. The van der Waals surface area contributed by atoms with Crippen molar-refractivity contribution in [2.45, 2.75) is 6.10 Å². The zero-order chi connectivity index (χ0) is 14.5. The van der Waals surface area contributed by atoms with Gasteiger partial charge in [0.15, 0.2) is 11.9 Å². The average Bonchev–Trinajstić information content (AvgIpc) is 2.53. The molecule has 100 valence electrons. The molecule has 0 saturated carbocycles. The van der Waals surface area contributed by atoms with Gasteiger partial charge in [0.1, 0.15) is 0 Å². The molecule has 4 nitrogen and oxygen atoms in total. The monoisotopic (exact) mass is 268 g/mol. The van der Waals surface area contributed by atoms with Gasteiger partial charge in [0.05, 0.1) is 0 Å². The maximum absolute atomic E-state index is 11.9. The maximum Gasteiger partial charge on any atom is 0.239 e. The summed E-state index contributed by atoms with van der Waals surface area (Å²) in [6, 6.07) is 15.7. The lowest BCUT2D eigenvalue weighted by molar-refractivity contribution is -0.120. The molecule has 20 heavy (non-hydrogen) atoms. The topological polar surface area (TPSA) is 71.4 Å². The predicted octanol–water partition coefficient (Wildman–Crippen LogP) is 1.68. The summed E-state index contributed by atoms with van der Waals surface area (Å²) in [7, 11) is 0. The van der Waals surface area contributed by atoms with E-state index in [-0.39, 0.29) is 11.1 Å². The first-order valence-electron chi connectivity index (χ1n) is 6.02. The van der Waals surface area contributed by atoms with Crippen LogP contribution in [0.3, 0.4) is 0 Å². The van der Waals surface area contributed by atoms with Gasteiger partial charge in [0.25, 0.3) is 0 Å². The van der Waals surface area contributed by atoms with Crippen LogP contribution in [0.5, 0.6) is 0 Å². The van der Waals surface area contributed by atoms with Crippen molar-refractivity contribution in [1.29, 1.82) is 0 Å². The number of aliphatic hydroxyl groups is 1. The highest BCUT2D eigenvalue weighted by atomic mass is 16.3. The maximum atomic E-state index is 11.9. The average molecular weight is 268 g/mol. The van der Waals surface area contributed by atoms with E-state index in [0.29, 0.717) is 0 Å². The molecule has 0 amide bonds. The van der Waals surface area contributed by atoms with Gasteiger partial charge in [-0.1, -0.05) is 60.7 Å². The summed E-state index contributed by atoms with van der Waals surface area (Å²) in [6.07, 6.45) is -1.97. The molecule has 0 aliphatic carbocycles. The minimum Gasteiger partial charge on any atom is -0.377 e. The molecule has 1 N–H and O–H groups in total. The van der Waals surface area contributed by atoms with Crippen molar-refractivity contribution in [3.05, 3.63) is 71.8 Å². The number of ketones is 3. The van der Waals surface area contributed by atoms with Crippen LogP contribution < -0.4 is 0 Å². The molecule has 2 aromatic carbocycles. The summed E-state index contributed by atoms with van der Waals surface area (Å²) in [5, 5.41) is 9.75. The van der Waals surface area contributed by atoms with E-state index in [9.17, 15) is 19.5 Å². The molecule has 0 aromatic heterocycles. The highest BCUT2D eigenvalue weighted by molar-refractivity contribution is 6.48. The highest BCUT2D eigenvalue weighted by Gasteiger charge is 2.30. The second kappa shape index (κ2) is 6.04. The Morgan fingerprint density at radius 3 is 1.70 bits per heavy atom. The third kappa shape index (κ3) is 2.87. The van der Waals surface area contributed by atoms with E-state index in [1.165, 1.54) is 24.3 Å². The lowest BCUT2D eigenvalue weighted by Crippen LogP contribution is -2.35. The largest absolute Gasteiger partial charge is 0.377 e. The number of benzene rings is 2. The molecular formula is C16H12O4. The summed E-state index contributed by atoms with van der Waals surface area (Å²) < 4.78 is 0. The minimum absolute atomic E-state index is 0.150. The molecule has 0 aliphatic rings. The Morgan fingerprint density at radius 1 is 0.750 bits per heavy atom. The number of hydrogen-bond acceptors (Lipinski definition) is 4. The van der Waals surface area contributed by atoms with Crippen LogP contribution in [0, 0.1) is 0 Å². The van der Waals surface area contributed by atoms with Gasteiger partial charge in [-0.25, -0.2) is 0 Å². The van der Waals surface area contributed by atoms with E-state index >= 15 is 0 Å². The normalized spacial score (nSPS) is 11.7. The number of rotatable bonds is 5. The van der Waals surface area contributed by atoms with Crippen molar-refractivity contribution in [3.8, 4) is 0 Å². The van der Waals surface area contributed by atoms with Gasteiger partial charge in [-0.2, -0.15) is 0 Å². The molecule has 2 aromatic rings. The van der Waals surface area contributed by atoms with E-state index in [2.05, 4.69) is 0 Å². The van der Waals surface area contributed by atoms with Crippen LogP contribution in [-0.2, 0) is 4.79 Å². The van der Waals surface area contributed by atoms with Crippen molar-refractivity contribution in [1.82, 2.24) is 0 Å². The molecule has 0 saturated heterocycles. The molecule has 1 atom stereocenters. The van der Waals surface area contributed by atoms with Crippen molar-refractivity contribution in [2.75, 3.05) is 0 Å². The standard InChI is InChI=1S/C16H12O4/c17-13(11-7-3-1-4-8-11)15(19)16(20)14(18)12-9-5-2-6-10-12/h1-10,15,19H. The lowest BCUT2D eigenvalue weighted by atomic mass is 9.98. The second-order valence-electron chi connectivity index (χ2n) is 4.19. The molecule has 2 rings (SSSR count). The smallest absolute Gasteiger partial charge is 0.239 e. The predicted molar refractivity (Wildman–Crippen MR) is 72.6 cm³/mol. The van der Waals surface area contributed by atoms with Gasteiger partial charge in [0, 0.05) is 11.1 Å².